The van der Waals surface area contributed by atoms with Crippen molar-refractivity contribution in [2.45, 2.75) is 13.3 Å². The third kappa shape index (κ3) is 42.9. The van der Waals surface area contributed by atoms with Gasteiger partial charge >= 0.3 is 0 Å². The van der Waals surface area contributed by atoms with Gasteiger partial charge in [-0.3, -0.25) is 11.6 Å². The first-order valence-electron chi connectivity index (χ1n) is 4.27. The molecule has 20 heavy (non-hydrogen) atoms. The number of hydrogen-bond donors (Lipinski definition) is 5. The fraction of sp³-hybridized carbons (Fsp3) is 0.500. The Morgan fingerprint density at radius 2 is 1.45 bits per heavy atom. The van der Waals surface area contributed by atoms with E-state index in [1.54, 1.807) is 0 Å². The van der Waals surface area contributed by atoms with Crippen LogP contribution in [0.25, 0.3) is 0 Å². The Labute approximate surface area is 167 Å². The summed E-state index contributed by atoms with van der Waals surface area (Å²) in [7, 11) is 1.51. The Bertz CT molecular complexity index is 201. The maximum atomic E-state index is 9.47. The molecule has 0 bridgehead atoms. The van der Waals surface area contributed by atoms with Crippen LogP contribution in [0, 0.1) is 0 Å². The molecule has 0 aromatic heterocycles. The number of amides is 3. The maximum Gasteiger partial charge on any atom is 0.189 e. The Kier molecular flexibility index (Phi) is 58.8. The summed E-state index contributed by atoms with van der Waals surface area (Å²) >= 11 is 0. The van der Waals surface area contributed by atoms with E-state index in [-0.39, 0.29) is 72.1 Å². The van der Waals surface area contributed by atoms with Gasteiger partial charge in [-0.05, 0) is 7.05 Å². The van der Waals surface area contributed by atoms with Gasteiger partial charge in [0.2, 0.25) is 0 Å². The number of carbonyl (C=O) groups excluding carboxylic acids is 4. The summed E-state index contributed by atoms with van der Waals surface area (Å²) in [6, 6.07) is 0. The molecule has 112 valence electrons. The molecule has 0 aliphatic heterocycles. The molecule has 3 amide bonds. The van der Waals surface area contributed by atoms with Crippen molar-refractivity contribution in [3.05, 3.63) is 0 Å². The average molecular weight is 440 g/mol. The molecule has 0 aliphatic rings. The van der Waals surface area contributed by atoms with Crippen LogP contribution in [0.1, 0.15) is 6.92 Å². The smallest absolute Gasteiger partial charge is 0.189 e. The molecule has 0 aromatic carbocycles. The molecule has 0 saturated carbocycles. The average Bonchev–Trinajstić information content (AvgIpc) is 2.38. The van der Waals surface area contributed by atoms with E-state index in [4.69, 9.17) is 10.1 Å². The summed E-state index contributed by atoms with van der Waals surface area (Å²) in [6.07, 6.45) is 4.68. The molecule has 0 saturated heterocycles. The van der Waals surface area contributed by atoms with E-state index >= 15 is 0 Å². The van der Waals surface area contributed by atoms with Gasteiger partial charge in [-0.2, -0.15) is 26.2 Å². The van der Waals surface area contributed by atoms with Crippen molar-refractivity contribution in [1.82, 2.24) is 21.3 Å². The van der Waals surface area contributed by atoms with Gasteiger partial charge in [0.15, 0.2) is 6.35 Å². The molecule has 0 spiro atoms. The van der Waals surface area contributed by atoms with E-state index in [1.165, 1.54) is 39.5 Å². The van der Waals surface area contributed by atoms with Crippen molar-refractivity contribution in [3.8, 4) is 0 Å². The molecule has 0 rings (SSSR count). The van der Waals surface area contributed by atoms with Crippen LogP contribution in [0.4, 0.5) is 0 Å². The first-order valence-corrected chi connectivity index (χ1v) is 4.27. The second kappa shape index (κ2) is 36.5. The predicted molar refractivity (Wildman–Crippen MR) is 59.3 cm³/mol. The zero-order valence-corrected chi connectivity index (χ0v) is 16.6. The molecular weight excluding hydrogens is 426 g/mol. The van der Waals surface area contributed by atoms with Crippen LogP contribution in [0.3, 0.4) is 0 Å². The molecule has 2 radical (unpaired) electrons. The fourth-order valence-electron chi connectivity index (χ4n) is 0.321. The van der Waals surface area contributed by atoms with Crippen LogP contribution >= 0.6 is 0 Å². The third-order valence-electron chi connectivity index (χ3n) is 0.879. The van der Waals surface area contributed by atoms with Gasteiger partial charge in [0.05, 0.1) is 0 Å². The van der Waals surface area contributed by atoms with Crippen LogP contribution in [0.2, 0.25) is 0 Å². The van der Waals surface area contributed by atoms with E-state index in [2.05, 4.69) is 20.8 Å². The normalized spacial score (nSPS) is 8.15. The van der Waals surface area contributed by atoms with Gasteiger partial charge in [-0.1, -0.05) is 0 Å². The largest absolute Gasteiger partial charge is 0.542 e. The van der Waals surface area contributed by atoms with Gasteiger partial charge in [0.1, 0.15) is 0 Å². The second-order valence-corrected chi connectivity index (χ2v) is 1.96. The van der Waals surface area contributed by atoms with Crippen LogP contribution in [0.5, 0.6) is 0 Å². The molecule has 10 nitrogen and oxygen atoms in total. The Morgan fingerprint density at radius 1 is 1.05 bits per heavy atom. The molecule has 0 aromatic rings. The van der Waals surface area contributed by atoms with Gasteiger partial charge < -0.3 is 35.1 Å². The van der Waals surface area contributed by atoms with Crippen LogP contribution < -0.4 is 21.3 Å². The molecule has 5 N–H and O–H groups in total. The summed E-state index contributed by atoms with van der Waals surface area (Å²) in [5, 5.41) is 16.4. The minimum atomic E-state index is -0.868. The van der Waals surface area contributed by atoms with Gasteiger partial charge in [0, 0.05) is 72.1 Å². The number of hydrogen-bond acceptors (Lipinski definition) is 7. The predicted octanol–water partition coefficient (Wildman–Crippen LogP) is -3.00. The van der Waals surface area contributed by atoms with Crippen LogP contribution in [0.15, 0.2) is 0 Å². The number of nitrogens with one attached hydrogen (secondary N) is 4. The minimum absolute atomic E-state index is 0. The number of rotatable bonds is 8. The molecule has 1 atom stereocenters. The van der Waals surface area contributed by atoms with E-state index in [0.717, 1.165) is 0 Å². The maximum absolute atomic E-state index is 9.47. The van der Waals surface area contributed by atoms with E-state index in [0.29, 0.717) is 0 Å². The van der Waals surface area contributed by atoms with E-state index < -0.39 is 6.35 Å². The topological polar surface area (TPSA) is 146 Å². The standard InChI is InChI=1S/C3H7N2O3.C3H4N2O2.C2H3O.2Y/c1-4-3(8-7)5-2-6;6-2-4-1-5-3-7;1-2-3;;/h3-4,7H,1H3,(H,5,6);1H2,(H,4,6)(H,5,7);1H3;;/q-1;-2;-1;;. The SMILES string of the molecule is CNC(N[C-]=O)OO.C[C-]=O.O=[C-]NCN[C-]=O.[Y].[Y]. The van der Waals surface area contributed by atoms with Crippen LogP contribution in [-0.4, -0.2) is 50.8 Å². The summed E-state index contributed by atoms with van der Waals surface area (Å²) in [5.41, 5.74) is 0. The van der Waals surface area contributed by atoms with Gasteiger partial charge in [-0.15, -0.1) is 0 Å². The van der Waals surface area contributed by atoms with Crippen molar-refractivity contribution in [3.63, 3.8) is 0 Å². The Morgan fingerprint density at radius 3 is 1.60 bits per heavy atom. The zero-order valence-electron chi connectivity index (χ0n) is 10.9. The zero-order chi connectivity index (χ0) is 14.6. The molecule has 0 heterocycles. The summed E-state index contributed by atoms with van der Waals surface area (Å²) < 4.78 is 0. The van der Waals surface area contributed by atoms with Crippen molar-refractivity contribution in [1.29, 1.82) is 0 Å². The quantitative estimate of drug-likeness (QED) is 0.0676. The minimum Gasteiger partial charge on any atom is -0.542 e. The molecule has 0 fully saturated rings. The third-order valence-corrected chi connectivity index (χ3v) is 0.879. The van der Waals surface area contributed by atoms with Crippen molar-refractivity contribution in [2.24, 2.45) is 0 Å². The summed E-state index contributed by atoms with van der Waals surface area (Å²) in [5.74, 6) is 0. The Hall–Kier alpha value is 0.168. The monoisotopic (exact) mass is 440 g/mol. The van der Waals surface area contributed by atoms with Gasteiger partial charge in [0.25, 0.3) is 0 Å². The van der Waals surface area contributed by atoms with Crippen molar-refractivity contribution >= 4 is 25.5 Å². The van der Waals surface area contributed by atoms with E-state index in [1.807, 2.05) is 5.32 Å². The van der Waals surface area contributed by atoms with Crippen molar-refractivity contribution < 1.29 is 94.7 Å². The fourth-order valence-corrected chi connectivity index (χ4v) is 0.321. The molecule has 1 unspecified atom stereocenters. The van der Waals surface area contributed by atoms with E-state index in [9.17, 15) is 14.4 Å². The first-order chi connectivity index (χ1) is 8.67. The van der Waals surface area contributed by atoms with Crippen molar-refractivity contribution in [2.75, 3.05) is 13.7 Å². The molecule has 0 aliphatic carbocycles. The van der Waals surface area contributed by atoms with Gasteiger partial charge in [-0.25, -0.2) is 10.1 Å². The molecule has 12 heteroatoms. The molecular formula is C8H14N4O6Y2-4. The first kappa shape index (κ1) is 32.2. The Balaban J connectivity index is -0.0000000581. The van der Waals surface area contributed by atoms with Crippen LogP contribution in [-0.2, 0) is 89.5 Å². The second-order valence-electron chi connectivity index (χ2n) is 1.96. The summed E-state index contributed by atoms with van der Waals surface area (Å²) in [4.78, 5) is 40.3. The summed E-state index contributed by atoms with van der Waals surface area (Å²) in [6.45, 7) is 1.41.